The van der Waals surface area contributed by atoms with E-state index in [9.17, 15) is 4.79 Å². The van der Waals surface area contributed by atoms with Crippen molar-refractivity contribution in [3.8, 4) is 0 Å². The van der Waals surface area contributed by atoms with E-state index in [1.54, 1.807) is 12.3 Å². The van der Waals surface area contributed by atoms with Gasteiger partial charge in [-0.1, -0.05) is 32.0 Å². The maximum Gasteiger partial charge on any atom is 0.266 e. The maximum absolute atomic E-state index is 11.5. The van der Waals surface area contributed by atoms with Gasteiger partial charge in [-0.25, -0.2) is 5.10 Å². The van der Waals surface area contributed by atoms with E-state index >= 15 is 0 Å². The number of rotatable bonds is 5. The van der Waals surface area contributed by atoms with Gasteiger partial charge >= 0.3 is 0 Å². The number of H-pyrrole nitrogens is 1. The second kappa shape index (κ2) is 7.80. The zero-order valence-electron chi connectivity index (χ0n) is 17.0. The summed E-state index contributed by atoms with van der Waals surface area (Å²) in [4.78, 5) is 16.3. The van der Waals surface area contributed by atoms with Gasteiger partial charge in [-0.05, 0) is 24.5 Å². The molecule has 4 rings (SSSR count). The van der Waals surface area contributed by atoms with Crippen LogP contribution < -0.4 is 10.5 Å². The number of piperazine rings is 1. The summed E-state index contributed by atoms with van der Waals surface area (Å²) in [5.41, 5.74) is 4.94. The molecule has 1 fully saturated rings. The van der Waals surface area contributed by atoms with E-state index in [1.165, 1.54) is 22.2 Å². The highest BCUT2D eigenvalue weighted by molar-refractivity contribution is 5.85. The predicted octanol–water partition coefficient (Wildman–Crippen LogP) is 3.01. The van der Waals surface area contributed by atoms with E-state index in [2.05, 4.69) is 69.6 Å². The summed E-state index contributed by atoms with van der Waals surface area (Å²) in [6, 6.07) is 10.4. The summed E-state index contributed by atoms with van der Waals surface area (Å²) >= 11 is 0. The van der Waals surface area contributed by atoms with E-state index in [1.807, 2.05) is 0 Å². The van der Waals surface area contributed by atoms with Crippen molar-refractivity contribution in [3.63, 3.8) is 0 Å². The van der Waals surface area contributed by atoms with Gasteiger partial charge < -0.3 is 9.47 Å². The first-order valence-corrected chi connectivity index (χ1v) is 10.1. The number of nitrogens with zero attached hydrogens (tertiary/aromatic N) is 4. The topological polar surface area (TPSA) is 57.2 Å². The molecule has 6 nitrogen and oxygen atoms in total. The Kier molecular flexibility index (Phi) is 5.22. The number of aromatic amines is 1. The van der Waals surface area contributed by atoms with Gasteiger partial charge in [0.2, 0.25) is 0 Å². The molecule has 28 heavy (non-hydrogen) atoms. The normalized spacial score (nSPS) is 15.6. The van der Waals surface area contributed by atoms with Crippen molar-refractivity contribution >= 4 is 16.6 Å². The Morgan fingerprint density at radius 2 is 1.89 bits per heavy atom. The molecule has 0 radical (unpaired) electrons. The van der Waals surface area contributed by atoms with E-state index in [0.29, 0.717) is 5.92 Å². The lowest BCUT2D eigenvalue weighted by Gasteiger charge is -2.35. The van der Waals surface area contributed by atoms with Crippen molar-refractivity contribution in [1.29, 1.82) is 0 Å². The molecule has 0 spiro atoms. The fourth-order valence-corrected chi connectivity index (χ4v) is 4.23. The Morgan fingerprint density at radius 1 is 1.14 bits per heavy atom. The van der Waals surface area contributed by atoms with Crippen molar-refractivity contribution in [1.82, 2.24) is 19.7 Å². The fraction of sp³-hybridized carbons (Fsp3) is 0.455. The molecule has 3 aromatic rings. The summed E-state index contributed by atoms with van der Waals surface area (Å²) < 4.78 is 2.48. The molecule has 148 valence electrons. The van der Waals surface area contributed by atoms with Crippen LogP contribution in [0.4, 0.5) is 5.69 Å². The Balaban J connectivity index is 1.52. The minimum atomic E-state index is -0.145. The van der Waals surface area contributed by atoms with Gasteiger partial charge in [0, 0.05) is 61.9 Å². The highest BCUT2D eigenvalue weighted by Crippen LogP contribution is 2.28. The van der Waals surface area contributed by atoms with Crippen LogP contribution in [0.2, 0.25) is 0 Å². The Labute approximate surface area is 165 Å². The monoisotopic (exact) mass is 379 g/mol. The molecular weight excluding hydrogens is 350 g/mol. The fourth-order valence-electron chi connectivity index (χ4n) is 4.23. The van der Waals surface area contributed by atoms with Crippen LogP contribution in [0.15, 0.2) is 41.3 Å². The van der Waals surface area contributed by atoms with Gasteiger partial charge in [0.1, 0.15) is 0 Å². The third-order valence-corrected chi connectivity index (χ3v) is 5.68. The molecule has 3 heterocycles. The predicted molar refractivity (Wildman–Crippen MR) is 114 cm³/mol. The largest absolute Gasteiger partial charge is 0.368 e. The number of anilines is 1. The van der Waals surface area contributed by atoms with E-state index < -0.39 is 0 Å². The summed E-state index contributed by atoms with van der Waals surface area (Å²) in [5, 5.41) is 7.75. The first kappa shape index (κ1) is 18.7. The van der Waals surface area contributed by atoms with Crippen molar-refractivity contribution in [2.45, 2.75) is 33.9 Å². The molecule has 1 aromatic carbocycles. The number of aromatic nitrogens is 3. The van der Waals surface area contributed by atoms with Crippen molar-refractivity contribution in [2.75, 3.05) is 31.1 Å². The quantitative estimate of drug-likeness (QED) is 0.740. The van der Waals surface area contributed by atoms with Crippen LogP contribution in [-0.4, -0.2) is 45.8 Å². The lowest BCUT2D eigenvalue weighted by molar-refractivity contribution is 0.250. The first-order valence-electron chi connectivity index (χ1n) is 10.1. The van der Waals surface area contributed by atoms with Crippen LogP contribution in [0.5, 0.6) is 0 Å². The third kappa shape index (κ3) is 3.69. The third-order valence-electron chi connectivity index (χ3n) is 5.68. The molecule has 0 saturated carbocycles. The van der Waals surface area contributed by atoms with Crippen LogP contribution >= 0.6 is 0 Å². The van der Waals surface area contributed by atoms with Crippen molar-refractivity contribution < 1.29 is 0 Å². The lowest BCUT2D eigenvalue weighted by atomic mass is 10.1. The van der Waals surface area contributed by atoms with Crippen LogP contribution in [-0.2, 0) is 13.1 Å². The minimum Gasteiger partial charge on any atom is -0.368 e. The van der Waals surface area contributed by atoms with E-state index in [-0.39, 0.29) is 5.56 Å². The van der Waals surface area contributed by atoms with E-state index in [0.717, 1.165) is 45.0 Å². The molecule has 1 aliphatic heterocycles. The SMILES string of the molecule is Cc1c(CN2CCN(c3cn[nH]c(=O)c3)CC2)c2ccccc2n1CC(C)C. The molecule has 1 saturated heterocycles. The molecule has 0 aliphatic carbocycles. The van der Waals surface area contributed by atoms with Gasteiger partial charge in [-0.2, -0.15) is 5.10 Å². The van der Waals surface area contributed by atoms with Gasteiger partial charge in [0.15, 0.2) is 0 Å². The average Bonchev–Trinajstić information content (AvgIpc) is 2.94. The molecular formula is C22H29N5O. The molecule has 0 amide bonds. The Bertz CT molecular complexity index is 1010. The number of benzene rings is 1. The smallest absolute Gasteiger partial charge is 0.266 e. The zero-order chi connectivity index (χ0) is 19.7. The second-order valence-corrected chi connectivity index (χ2v) is 8.15. The summed E-state index contributed by atoms with van der Waals surface area (Å²) in [7, 11) is 0. The average molecular weight is 380 g/mol. The molecule has 0 unspecified atom stereocenters. The molecule has 1 aliphatic rings. The van der Waals surface area contributed by atoms with Crippen molar-refractivity contribution in [2.24, 2.45) is 5.92 Å². The summed E-state index contributed by atoms with van der Waals surface area (Å²) in [6.45, 7) is 12.6. The van der Waals surface area contributed by atoms with Crippen LogP contribution in [0.3, 0.4) is 0 Å². The zero-order valence-corrected chi connectivity index (χ0v) is 17.0. The highest BCUT2D eigenvalue weighted by Gasteiger charge is 2.21. The maximum atomic E-state index is 11.5. The second-order valence-electron chi connectivity index (χ2n) is 8.15. The van der Waals surface area contributed by atoms with Gasteiger partial charge in [0.25, 0.3) is 5.56 Å². The number of hydrogen-bond donors (Lipinski definition) is 1. The highest BCUT2D eigenvalue weighted by atomic mass is 16.1. The molecule has 1 N–H and O–H groups in total. The number of para-hydroxylation sites is 1. The van der Waals surface area contributed by atoms with Gasteiger partial charge in [-0.3, -0.25) is 9.69 Å². The summed E-state index contributed by atoms with van der Waals surface area (Å²) in [5.74, 6) is 0.619. The first-order chi connectivity index (χ1) is 13.5. The number of nitrogens with one attached hydrogen (secondary N) is 1. The van der Waals surface area contributed by atoms with Crippen LogP contribution in [0, 0.1) is 12.8 Å². The van der Waals surface area contributed by atoms with Crippen LogP contribution in [0.25, 0.3) is 10.9 Å². The minimum absolute atomic E-state index is 0.145. The van der Waals surface area contributed by atoms with Gasteiger partial charge in [0.05, 0.1) is 11.9 Å². The van der Waals surface area contributed by atoms with Crippen LogP contribution in [0.1, 0.15) is 25.1 Å². The number of hydrogen-bond acceptors (Lipinski definition) is 4. The Morgan fingerprint density at radius 3 is 2.61 bits per heavy atom. The lowest BCUT2D eigenvalue weighted by Crippen LogP contribution is -2.46. The molecule has 0 bridgehead atoms. The van der Waals surface area contributed by atoms with Gasteiger partial charge in [-0.15, -0.1) is 0 Å². The van der Waals surface area contributed by atoms with Crippen molar-refractivity contribution in [3.05, 3.63) is 58.1 Å². The molecule has 6 heteroatoms. The Hall–Kier alpha value is -2.60. The summed E-state index contributed by atoms with van der Waals surface area (Å²) in [6.07, 6.45) is 1.74. The standard InChI is InChI=1S/C22H29N5O/c1-16(2)14-27-17(3)20(19-6-4-5-7-21(19)27)15-25-8-10-26(11-9-25)18-12-22(28)24-23-13-18/h4-7,12-13,16H,8-11,14-15H2,1-3H3,(H,24,28). The molecule has 2 aromatic heterocycles. The number of fused-ring (bicyclic) bond motifs is 1. The molecule has 0 atom stereocenters. The van der Waals surface area contributed by atoms with E-state index in [4.69, 9.17) is 0 Å².